The second-order valence-electron chi connectivity index (χ2n) is 4.67. The van der Waals surface area contributed by atoms with Crippen molar-refractivity contribution in [1.29, 1.82) is 5.26 Å². The van der Waals surface area contributed by atoms with Crippen LogP contribution in [0.1, 0.15) is 22.7 Å². The van der Waals surface area contributed by atoms with Crippen LogP contribution in [0.5, 0.6) is 5.88 Å². The number of nitrogens with one attached hydrogen (secondary N) is 1. The van der Waals surface area contributed by atoms with Gasteiger partial charge in [-0.3, -0.25) is 5.10 Å². The number of ether oxygens (including phenoxy) is 1. The standard InChI is InChI=1S/C14H10F2N4O/c1-6-11-12(7-2-3-9(15)10(16)4-7)8(5-17)13(18)21-14(11)20-19-6/h2-4,12H,18H2,1H3,(H,19,20)/t12-/m0/s1. The smallest absolute Gasteiger partial charge is 0.244 e. The first kappa shape index (κ1) is 13.1. The molecule has 2 heterocycles. The number of fused-ring (bicyclic) bond motifs is 1. The molecule has 0 amide bonds. The number of halogens is 2. The number of rotatable bonds is 1. The number of aromatic nitrogens is 2. The molecule has 21 heavy (non-hydrogen) atoms. The number of aryl methyl sites for hydroxylation is 1. The SMILES string of the molecule is Cc1[nH]nc2c1[C@@H](c1ccc(F)c(F)c1)C(C#N)=C(N)O2. The summed E-state index contributed by atoms with van der Waals surface area (Å²) in [7, 11) is 0. The quantitative estimate of drug-likeness (QED) is 0.842. The highest BCUT2D eigenvalue weighted by atomic mass is 19.2. The normalized spacial score (nSPS) is 17.1. The Kier molecular flexibility index (Phi) is 2.87. The number of nitriles is 1. The van der Waals surface area contributed by atoms with Gasteiger partial charge in [0.05, 0.1) is 5.92 Å². The molecular weight excluding hydrogens is 278 g/mol. The third-order valence-electron chi connectivity index (χ3n) is 3.41. The Morgan fingerprint density at radius 2 is 2.14 bits per heavy atom. The van der Waals surface area contributed by atoms with Crippen molar-refractivity contribution in [2.75, 3.05) is 0 Å². The minimum absolute atomic E-state index is 0.0915. The molecule has 3 N–H and O–H groups in total. The molecule has 1 atom stereocenters. The van der Waals surface area contributed by atoms with Crippen LogP contribution in [-0.2, 0) is 0 Å². The monoisotopic (exact) mass is 288 g/mol. The molecule has 0 saturated carbocycles. The highest BCUT2D eigenvalue weighted by Gasteiger charge is 2.34. The van der Waals surface area contributed by atoms with Crippen molar-refractivity contribution in [2.24, 2.45) is 5.73 Å². The van der Waals surface area contributed by atoms with E-state index in [1.807, 2.05) is 6.07 Å². The van der Waals surface area contributed by atoms with Crippen LogP contribution in [0.2, 0.25) is 0 Å². The molecule has 0 spiro atoms. The Labute approximate surface area is 118 Å². The van der Waals surface area contributed by atoms with E-state index in [0.717, 1.165) is 12.1 Å². The summed E-state index contributed by atoms with van der Waals surface area (Å²) in [5.74, 6) is -2.44. The van der Waals surface area contributed by atoms with E-state index in [1.54, 1.807) is 6.92 Å². The maximum atomic E-state index is 13.5. The predicted molar refractivity (Wildman–Crippen MR) is 69.0 cm³/mol. The number of aromatic amines is 1. The molecule has 0 bridgehead atoms. The second kappa shape index (κ2) is 4.59. The van der Waals surface area contributed by atoms with E-state index in [-0.39, 0.29) is 17.3 Å². The lowest BCUT2D eigenvalue weighted by molar-refractivity contribution is 0.378. The van der Waals surface area contributed by atoms with E-state index in [2.05, 4.69) is 10.2 Å². The lowest BCUT2D eigenvalue weighted by Gasteiger charge is -2.23. The Morgan fingerprint density at radius 1 is 1.38 bits per heavy atom. The van der Waals surface area contributed by atoms with Crippen LogP contribution in [0.3, 0.4) is 0 Å². The Bertz CT molecular complexity index is 804. The number of nitrogens with zero attached hydrogens (tertiary/aromatic N) is 2. The van der Waals surface area contributed by atoms with Crippen molar-refractivity contribution in [3.63, 3.8) is 0 Å². The molecule has 1 aliphatic rings. The van der Waals surface area contributed by atoms with Gasteiger partial charge in [0.25, 0.3) is 0 Å². The van der Waals surface area contributed by atoms with Gasteiger partial charge in [-0.25, -0.2) is 8.78 Å². The van der Waals surface area contributed by atoms with E-state index >= 15 is 0 Å². The molecule has 0 saturated heterocycles. The molecule has 5 nitrogen and oxygen atoms in total. The van der Waals surface area contributed by atoms with Crippen LogP contribution in [0, 0.1) is 29.9 Å². The van der Waals surface area contributed by atoms with Crippen molar-refractivity contribution in [3.8, 4) is 11.9 Å². The fourth-order valence-corrected chi connectivity index (χ4v) is 2.42. The summed E-state index contributed by atoms with van der Waals surface area (Å²) in [6.07, 6.45) is 0. The number of H-pyrrole nitrogens is 1. The number of nitrogens with two attached hydrogens (primary N) is 1. The maximum absolute atomic E-state index is 13.5. The third-order valence-corrected chi connectivity index (χ3v) is 3.41. The average molecular weight is 288 g/mol. The van der Waals surface area contributed by atoms with Gasteiger partial charge in [0.2, 0.25) is 11.8 Å². The molecule has 7 heteroatoms. The zero-order valence-corrected chi connectivity index (χ0v) is 10.9. The molecule has 1 aromatic carbocycles. The van der Waals surface area contributed by atoms with Gasteiger partial charge in [0.15, 0.2) is 11.6 Å². The summed E-state index contributed by atoms with van der Waals surface area (Å²) in [4.78, 5) is 0. The van der Waals surface area contributed by atoms with Gasteiger partial charge in [-0.2, -0.15) is 5.26 Å². The van der Waals surface area contributed by atoms with E-state index < -0.39 is 17.6 Å². The largest absolute Gasteiger partial charge is 0.420 e. The first-order chi connectivity index (χ1) is 10.0. The molecule has 0 fully saturated rings. The molecule has 2 aromatic rings. The molecule has 0 aliphatic carbocycles. The number of benzene rings is 1. The fraction of sp³-hybridized carbons (Fsp3) is 0.143. The van der Waals surface area contributed by atoms with Crippen molar-refractivity contribution in [1.82, 2.24) is 10.2 Å². The van der Waals surface area contributed by atoms with Crippen molar-refractivity contribution >= 4 is 0 Å². The lowest BCUT2D eigenvalue weighted by Crippen LogP contribution is -2.21. The van der Waals surface area contributed by atoms with Crippen LogP contribution < -0.4 is 10.5 Å². The van der Waals surface area contributed by atoms with Crippen molar-refractivity contribution in [3.05, 3.63) is 58.1 Å². The number of allylic oxidation sites excluding steroid dienone is 1. The lowest BCUT2D eigenvalue weighted by atomic mass is 9.84. The Hall–Kier alpha value is -2.88. The van der Waals surface area contributed by atoms with Gasteiger partial charge in [-0.1, -0.05) is 6.07 Å². The van der Waals surface area contributed by atoms with Crippen LogP contribution in [0.4, 0.5) is 8.78 Å². The zero-order valence-electron chi connectivity index (χ0n) is 10.9. The zero-order chi connectivity index (χ0) is 15.1. The van der Waals surface area contributed by atoms with Gasteiger partial charge < -0.3 is 10.5 Å². The van der Waals surface area contributed by atoms with Crippen LogP contribution >= 0.6 is 0 Å². The summed E-state index contributed by atoms with van der Waals surface area (Å²) >= 11 is 0. The topological polar surface area (TPSA) is 87.7 Å². The van der Waals surface area contributed by atoms with Gasteiger partial charge in [-0.05, 0) is 24.6 Å². The summed E-state index contributed by atoms with van der Waals surface area (Å²) in [6.45, 7) is 1.75. The van der Waals surface area contributed by atoms with Crippen LogP contribution in [0.15, 0.2) is 29.7 Å². The molecule has 1 aromatic heterocycles. The Balaban J connectivity index is 2.24. The van der Waals surface area contributed by atoms with E-state index in [1.165, 1.54) is 6.07 Å². The van der Waals surface area contributed by atoms with E-state index in [9.17, 15) is 14.0 Å². The summed E-state index contributed by atoms with van der Waals surface area (Å²) < 4.78 is 31.9. The van der Waals surface area contributed by atoms with Crippen LogP contribution in [-0.4, -0.2) is 10.2 Å². The third kappa shape index (κ3) is 1.92. The number of hydrogen-bond donors (Lipinski definition) is 2. The minimum atomic E-state index is -0.988. The predicted octanol–water partition coefficient (Wildman–Crippen LogP) is 2.21. The van der Waals surface area contributed by atoms with Gasteiger partial charge >= 0.3 is 0 Å². The molecule has 106 valence electrons. The van der Waals surface area contributed by atoms with Gasteiger partial charge in [0, 0.05) is 11.3 Å². The summed E-state index contributed by atoms with van der Waals surface area (Å²) in [5, 5.41) is 16.0. The molecule has 1 aliphatic heterocycles. The van der Waals surface area contributed by atoms with Crippen LogP contribution in [0.25, 0.3) is 0 Å². The maximum Gasteiger partial charge on any atom is 0.244 e. The second-order valence-corrected chi connectivity index (χ2v) is 4.67. The van der Waals surface area contributed by atoms with Gasteiger partial charge in [-0.15, -0.1) is 5.10 Å². The molecular formula is C14H10F2N4O. The highest BCUT2D eigenvalue weighted by Crippen LogP contribution is 2.42. The average Bonchev–Trinajstić information content (AvgIpc) is 2.81. The van der Waals surface area contributed by atoms with E-state index in [4.69, 9.17) is 10.5 Å². The van der Waals surface area contributed by atoms with Gasteiger partial charge in [0.1, 0.15) is 11.6 Å². The number of hydrogen-bond acceptors (Lipinski definition) is 4. The molecule has 3 rings (SSSR count). The highest BCUT2D eigenvalue weighted by molar-refractivity contribution is 5.54. The summed E-state index contributed by atoms with van der Waals surface area (Å²) in [5.41, 5.74) is 7.52. The van der Waals surface area contributed by atoms with Crippen molar-refractivity contribution in [2.45, 2.75) is 12.8 Å². The molecule has 0 unspecified atom stereocenters. The first-order valence-electron chi connectivity index (χ1n) is 6.10. The van der Waals surface area contributed by atoms with E-state index in [0.29, 0.717) is 16.8 Å². The minimum Gasteiger partial charge on any atom is -0.420 e. The summed E-state index contributed by atoms with van der Waals surface area (Å²) in [6, 6.07) is 5.44. The first-order valence-corrected chi connectivity index (χ1v) is 6.10. The fourth-order valence-electron chi connectivity index (χ4n) is 2.42. The Morgan fingerprint density at radius 3 is 2.81 bits per heavy atom. The molecule has 0 radical (unpaired) electrons. The van der Waals surface area contributed by atoms with Crippen molar-refractivity contribution < 1.29 is 13.5 Å².